The molecule has 2 aliphatic rings. The van der Waals surface area contributed by atoms with Gasteiger partial charge in [-0.05, 0) is 24.6 Å². The molecule has 1 fully saturated rings. The van der Waals surface area contributed by atoms with Gasteiger partial charge in [0.15, 0.2) is 0 Å². The third-order valence-electron chi connectivity index (χ3n) is 3.64. The largest absolute Gasteiger partial charge is 0.447 e. The van der Waals surface area contributed by atoms with Crippen molar-refractivity contribution in [2.45, 2.75) is 12.5 Å². The summed E-state index contributed by atoms with van der Waals surface area (Å²) in [6.07, 6.45) is 3.95. The molecule has 2 unspecified atom stereocenters. The van der Waals surface area contributed by atoms with Crippen molar-refractivity contribution in [3.05, 3.63) is 36.4 Å². The second-order valence-electron chi connectivity index (χ2n) is 5.20. The molecule has 1 aromatic carbocycles. The third kappa shape index (κ3) is 2.90. The first kappa shape index (κ1) is 13.6. The number of rotatable bonds is 3. The highest BCUT2D eigenvalue weighted by Gasteiger charge is 2.25. The topological polar surface area (TPSA) is 84.7 Å². The van der Waals surface area contributed by atoms with E-state index in [-0.39, 0.29) is 24.0 Å². The summed E-state index contributed by atoms with van der Waals surface area (Å²) in [5.74, 6) is -0.277. The normalized spacial score (nSPS) is 24.2. The minimum Gasteiger partial charge on any atom is -0.447 e. The lowest BCUT2D eigenvalue weighted by Gasteiger charge is -2.15. The lowest BCUT2D eigenvalue weighted by molar-refractivity contribution is -0.118. The Morgan fingerprint density at radius 2 is 2.24 bits per heavy atom. The SMILES string of the molecule is NC1C=CC(C(=O)Nc2cccc(N3CCOC3=O)c2)C1. The van der Waals surface area contributed by atoms with Gasteiger partial charge in [-0.3, -0.25) is 9.69 Å². The van der Waals surface area contributed by atoms with Crippen LogP contribution in [0.2, 0.25) is 0 Å². The van der Waals surface area contributed by atoms with E-state index in [4.69, 9.17) is 10.5 Å². The summed E-state index contributed by atoms with van der Waals surface area (Å²) < 4.78 is 4.91. The van der Waals surface area contributed by atoms with E-state index in [0.29, 0.717) is 30.9 Å². The average molecular weight is 287 g/mol. The maximum Gasteiger partial charge on any atom is 0.414 e. The Morgan fingerprint density at radius 3 is 2.90 bits per heavy atom. The van der Waals surface area contributed by atoms with Crippen molar-refractivity contribution in [1.82, 2.24) is 0 Å². The van der Waals surface area contributed by atoms with E-state index >= 15 is 0 Å². The molecule has 2 atom stereocenters. The molecule has 1 saturated heterocycles. The molecule has 3 rings (SSSR count). The molecule has 0 saturated carbocycles. The van der Waals surface area contributed by atoms with Gasteiger partial charge in [0, 0.05) is 17.4 Å². The first-order valence-corrected chi connectivity index (χ1v) is 6.92. The van der Waals surface area contributed by atoms with Gasteiger partial charge in [0.25, 0.3) is 0 Å². The van der Waals surface area contributed by atoms with E-state index in [1.54, 1.807) is 23.1 Å². The van der Waals surface area contributed by atoms with Crippen LogP contribution in [0.5, 0.6) is 0 Å². The molecule has 0 spiro atoms. The van der Waals surface area contributed by atoms with E-state index in [1.165, 1.54) is 0 Å². The zero-order valence-electron chi connectivity index (χ0n) is 11.5. The second kappa shape index (κ2) is 5.57. The maximum absolute atomic E-state index is 12.1. The predicted molar refractivity (Wildman–Crippen MR) is 79.0 cm³/mol. The van der Waals surface area contributed by atoms with E-state index in [9.17, 15) is 9.59 Å². The Hall–Kier alpha value is -2.34. The number of hydrogen-bond acceptors (Lipinski definition) is 4. The summed E-state index contributed by atoms with van der Waals surface area (Å²) in [5.41, 5.74) is 7.13. The molecule has 1 aliphatic heterocycles. The highest BCUT2D eigenvalue weighted by molar-refractivity contribution is 5.95. The van der Waals surface area contributed by atoms with E-state index in [1.807, 2.05) is 18.2 Å². The lowest BCUT2D eigenvalue weighted by atomic mass is 10.1. The van der Waals surface area contributed by atoms with Gasteiger partial charge in [-0.25, -0.2) is 4.79 Å². The Morgan fingerprint density at radius 1 is 1.38 bits per heavy atom. The average Bonchev–Trinajstić information content (AvgIpc) is 3.08. The molecule has 0 aromatic heterocycles. The molecule has 1 aromatic rings. The number of carbonyl (C=O) groups excluding carboxylic acids is 2. The van der Waals surface area contributed by atoms with Crippen molar-refractivity contribution < 1.29 is 14.3 Å². The van der Waals surface area contributed by atoms with Crippen molar-refractivity contribution in [3.8, 4) is 0 Å². The van der Waals surface area contributed by atoms with E-state index in [0.717, 1.165) is 0 Å². The molecule has 1 aliphatic carbocycles. The first-order valence-electron chi connectivity index (χ1n) is 6.92. The van der Waals surface area contributed by atoms with Crippen LogP contribution in [0.15, 0.2) is 36.4 Å². The number of carbonyl (C=O) groups is 2. The highest BCUT2D eigenvalue weighted by Crippen LogP contribution is 2.24. The first-order chi connectivity index (χ1) is 10.1. The van der Waals surface area contributed by atoms with Gasteiger partial charge in [-0.2, -0.15) is 0 Å². The molecule has 6 heteroatoms. The van der Waals surface area contributed by atoms with Crippen LogP contribution in [0.1, 0.15) is 6.42 Å². The maximum atomic E-state index is 12.1. The predicted octanol–water partition coefficient (Wildman–Crippen LogP) is 1.49. The number of nitrogens with zero attached hydrogens (tertiary/aromatic N) is 1. The summed E-state index contributed by atoms with van der Waals surface area (Å²) in [6, 6.07) is 7.12. The van der Waals surface area contributed by atoms with Gasteiger partial charge in [-0.15, -0.1) is 0 Å². The summed E-state index contributed by atoms with van der Waals surface area (Å²) in [5, 5.41) is 2.86. The van der Waals surface area contributed by atoms with Crippen LogP contribution in [0.3, 0.4) is 0 Å². The van der Waals surface area contributed by atoms with Gasteiger partial charge in [0.2, 0.25) is 5.91 Å². The van der Waals surface area contributed by atoms with Crippen molar-refractivity contribution >= 4 is 23.4 Å². The van der Waals surface area contributed by atoms with E-state index in [2.05, 4.69) is 5.32 Å². The standard InChI is InChI=1S/C15H17N3O3/c16-11-5-4-10(8-11)14(19)17-12-2-1-3-13(9-12)18-6-7-21-15(18)20/h1-5,9-11H,6-8,16H2,(H,17,19). The summed E-state index contributed by atoms with van der Waals surface area (Å²) in [6.45, 7) is 0.913. The number of cyclic esters (lactones) is 1. The van der Waals surface area contributed by atoms with Crippen LogP contribution in [-0.4, -0.2) is 31.2 Å². The van der Waals surface area contributed by atoms with Gasteiger partial charge in [0.05, 0.1) is 12.5 Å². The molecule has 2 amide bonds. The number of amides is 2. The summed E-state index contributed by atoms with van der Waals surface area (Å²) in [7, 11) is 0. The van der Waals surface area contributed by atoms with Crippen LogP contribution in [0, 0.1) is 5.92 Å². The number of ether oxygens (including phenoxy) is 1. The number of benzene rings is 1. The van der Waals surface area contributed by atoms with Gasteiger partial charge in [0.1, 0.15) is 6.61 Å². The summed E-state index contributed by atoms with van der Waals surface area (Å²) in [4.78, 5) is 25.2. The Labute approximate surface area is 122 Å². The number of nitrogens with one attached hydrogen (secondary N) is 1. The highest BCUT2D eigenvalue weighted by atomic mass is 16.6. The van der Waals surface area contributed by atoms with Gasteiger partial charge < -0.3 is 15.8 Å². The third-order valence-corrected chi connectivity index (χ3v) is 3.64. The fourth-order valence-corrected chi connectivity index (χ4v) is 2.54. The molecule has 21 heavy (non-hydrogen) atoms. The van der Waals surface area contributed by atoms with Crippen molar-refractivity contribution in [3.63, 3.8) is 0 Å². The molecular weight excluding hydrogens is 270 g/mol. The zero-order valence-corrected chi connectivity index (χ0v) is 11.5. The molecule has 1 heterocycles. The Kier molecular flexibility index (Phi) is 3.62. The Bertz CT molecular complexity index is 600. The summed E-state index contributed by atoms with van der Waals surface area (Å²) >= 11 is 0. The second-order valence-corrected chi connectivity index (χ2v) is 5.20. The van der Waals surface area contributed by atoms with Crippen LogP contribution in [0.25, 0.3) is 0 Å². The number of anilines is 2. The molecule has 3 N–H and O–H groups in total. The minimum absolute atomic E-state index is 0.0496. The smallest absolute Gasteiger partial charge is 0.414 e. The number of hydrogen-bond donors (Lipinski definition) is 2. The molecule has 0 radical (unpaired) electrons. The molecular formula is C15H17N3O3. The van der Waals surface area contributed by atoms with Gasteiger partial charge >= 0.3 is 6.09 Å². The van der Waals surface area contributed by atoms with Crippen molar-refractivity contribution in [1.29, 1.82) is 0 Å². The zero-order chi connectivity index (χ0) is 14.8. The van der Waals surface area contributed by atoms with Crippen LogP contribution in [0.4, 0.5) is 16.2 Å². The molecule has 6 nitrogen and oxygen atoms in total. The van der Waals surface area contributed by atoms with E-state index < -0.39 is 0 Å². The lowest BCUT2D eigenvalue weighted by Crippen LogP contribution is -2.25. The van der Waals surface area contributed by atoms with Crippen molar-refractivity contribution in [2.24, 2.45) is 11.7 Å². The minimum atomic E-state index is -0.358. The monoisotopic (exact) mass is 287 g/mol. The Balaban J connectivity index is 1.70. The fourth-order valence-electron chi connectivity index (χ4n) is 2.54. The molecule has 0 bridgehead atoms. The van der Waals surface area contributed by atoms with Crippen LogP contribution >= 0.6 is 0 Å². The van der Waals surface area contributed by atoms with Crippen LogP contribution in [-0.2, 0) is 9.53 Å². The number of nitrogens with two attached hydrogens (primary N) is 1. The quantitative estimate of drug-likeness (QED) is 0.825. The molecule has 110 valence electrons. The van der Waals surface area contributed by atoms with Crippen LogP contribution < -0.4 is 16.0 Å². The fraction of sp³-hybridized carbons (Fsp3) is 0.333. The van der Waals surface area contributed by atoms with Gasteiger partial charge in [-0.1, -0.05) is 18.2 Å². The van der Waals surface area contributed by atoms with Crippen molar-refractivity contribution in [2.75, 3.05) is 23.4 Å².